The summed E-state index contributed by atoms with van der Waals surface area (Å²) >= 11 is 3.37. The standard InChI is InChI=1S/C17H24BrFN2O3S/c1-17(2,3)24-16(22)20-15-7-8-21(11-14(15)19)25(23)13-6-4-5-12(9-13)10-18/h4-6,9,14-15H,7-8,10-11H2,1-3H3,(H,20,22). The molecular formula is C17H24BrFN2O3S. The fourth-order valence-corrected chi connectivity index (χ4v) is 4.18. The van der Waals surface area contributed by atoms with E-state index in [0.29, 0.717) is 23.2 Å². The molecule has 1 saturated heterocycles. The fourth-order valence-electron chi connectivity index (χ4n) is 2.54. The lowest BCUT2D eigenvalue weighted by molar-refractivity contribution is 0.0439. The molecule has 5 nitrogen and oxygen atoms in total. The quantitative estimate of drug-likeness (QED) is 0.737. The number of rotatable bonds is 4. The number of hydrogen-bond donors (Lipinski definition) is 1. The molecule has 0 spiro atoms. The summed E-state index contributed by atoms with van der Waals surface area (Å²) < 4.78 is 33.9. The number of alkyl halides is 2. The van der Waals surface area contributed by atoms with Gasteiger partial charge in [-0.1, -0.05) is 28.1 Å². The molecule has 140 valence electrons. The van der Waals surface area contributed by atoms with Crippen LogP contribution in [0.3, 0.4) is 0 Å². The molecule has 3 atom stereocenters. The van der Waals surface area contributed by atoms with Crippen LogP contribution in [0.15, 0.2) is 29.2 Å². The highest BCUT2D eigenvalue weighted by Gasteiger charge is 2.34. The molecule has 0 aliphatic carbocycles. The summed E-state index contributed by atoms with van der Waals surface area (Å²) in [6, 6.07) is 6.78. The van der Waals surface area contributed by atoms with E-state index in [1.807, 2.05) is 18.2 Å². The molecule has 1 heterocycles. The number of nitrogens with zero attached hydrogens (tertiary/aromatic N) is 1. The molecule has 0 aromatic heterocycles. The zero-order chi connectivity index (χ0) is 18.6. The number of hydrogen-bond acceptors (Lipinski definition) is 3. The van der Waals surface area contributed by atoms with Gasteiger partial charge in [0.05, 0.1) is 10.9 Å². The summed E-state index contributed by atoms with van der Waals surface area (Å²) in [5, 5.41) is 3.25. The van der Waals surface area contributed by atoms with Crippen molar-refractivity contribution < 1.29 is 18.1 Å². The molecule has 1 aromatic rings. The molecule has 2 rings (SSSR count). The average molecular weight is 435 g/mol. The minimum Gasteiger partial charge on any atom is -0.444 e. The van der Waals surface area contributed by atoms with Crippen LogP contribution in [-0.2, 0) is 21.1 Å². The highest BCUT2D eigenvalue weighted by molar-refractivity contribution is 9.08. The molecule has 1 N–H and O–H groups in total. The third-order valence-corrected chi connectivity index (χ3v) is 5.80. The van der Waals surface area contributed by atoms with Crippen LogP contribution in [0.2, 0.25) is 0 Å². The van der Waals surface area contributed by atoms with Crippen LogP contribution in [0.4, 0.5) is 9.18 Å². The molecule has 1 aromatic carbocycles. The maximum absolute atomic E-state index is 14.5. The minimum absolute atomic E-state index is 0.00557. The zero-order valence-electron chi connectivity index (χ0n) is 14.6. The lowest BCUT2D eigenvalue weighted by atomic mass is 10.1. The van der Waals surface area contributed by atoms with Crippen molar-refractivity contribution in [3.8, 4) is 0 Å². The van der Waals surface area contributed by atoms with E-state index in [-0.39, 0.29) is 6.54 Å². The SMILES string of the molecule is CC(C)(C)OC(=O)NC1CCN(S(=O)c2cccc(CBr)c2)CC1F. The molecule has 0 saturated carbocycles. The predicted octanol–water partition coefficient (Wildman–Crippen LogP) is 3.54. The van der Waals surface area contributed by atoms with Gasteiger partial charge >= 0.3 is 6.09 Å². The van der Waals surface area contributed by atoms with Gasteiger partial charge in [0.15, 0.2) is 0 Å². The Kier molecular flexibility index (Phi) is 6.99. The molecule has 25 heavy (non-hydrogen) atoms. The van der Waals surface area contributed by atoms with Crippen molar-refractivity contribution in [3.05, 3.63) is 29.8 Å². The summed E-state index contributed by atoms with van der Waals surface area (Å²) in [4.78, 5) is 12.5. The second-order valence-corrected chi connectivity index (χ2v) is 9.02. The van der Waals surface area contributed by atoms with Crippen molar-refractivity contribution in [2.75, 3.05) is 13.1 Å². The van der Waals surface area contributed by atoms with Crippen molar-refractivity contribution in [2.45, 2.75) is 55.2 Å². The van der Waals surface area contributed by atoms with Gasteiger partial charge in [0.2, 0.25) is 0 Å². The summed E-state index contributed by atoms with van der Waals surface area (Å²) in [5.74, 6) is 0. The first-order valence-electron chi connectivity index (χ1n) is 8.15. The number of amides is 1. The monoisotopic (exact) mass is 434 g/mol. The van der Waals surface area contributed by atoms with Crippen LogP contribution < -0.4 is 5.32 Å². The van der Waals surface area contributed by atoms with Gasteiger partial charge in [-0.2, -0.15) is 0 Å². The first kappa shape index (κ1) is 20.3. The van der Waals surface area contributed by atoms with Crippen LogP contribution in [0, 0.1) is 0 Å². The first-order valence-corrected chi connectivity index (χ1v) is 10.4. The summed E-state index contributed by atoms with van der Waals surface area (Å²) in [6.45, 7) is 5.71. The van der Waals surface area contributed by atoms with E-state index in [9.17, 15) is 13.4 Å². The van der Waals surface area contributed by atoms with Gasteiger partial charge in [-0.3, -0.25) is 0 Å². The van der Waals surface area contributed by atoms with E-state index in [1.165, 1.54) is 0 Å². The number of alkyl carbamates (subject to hydrolysis) is 1. The number of ether oxygens (including phenoxy) is 1. The predicted molar refractivity (Wildman–Crippen MR) is 99.7 cm³/mol. The minimum atomic E-state index is -1.42. The molecular weight excluding hydrogens is 411 g/mol. The van der Waals surface area contributed by atoms with Gasteiger partial charge in [0.1, 0.15) is 22.8 Å². The molecule has 0 bridgehead atoms. The zero-order valence-corrected chi connectivity index (χ0v) is 17.0. The van der Waals surface area contributed by atoms with E-state index in [2.05, 4.69) is 21.2 Å². The number of benzene rings is 1. The molecule has 1 fully saturated rings. The maximum Gasteiger partial charge on any atom is 0.407 e. The molecule has 1 aliphatic rings. The van der Waals surface area contributed by atoms with E-state index < -0.39 is 34.9 Å². The third kappa shape index (κ3) is 6.04. The highest BCUT2D eigenvalue weighted by Crippen LogP contribution is 2.21. The number of halogens is 2. The van der Waals surface area contributed by atoms with Crippen LogP contribution in [0.1, 0.15) is 32.8 Å². The lowest BCUT2D eigenvalue weighted by Crippen LogP contribution is -2.53. The molecule has 1 aliphatic heterocycles. The van der Waals surface area contributed by atoms with Gasteiger partial charge in [-0.25, -0.2) is 17.7 Å². The van der Waals surface area contributed by atoms with Gasteiger partial charge in [-0.15, -0.1) is 0 Å². The van der Waals surface area contributed by atoms with Crippen LogP contribution >= 0.6 is 15.9 Å². The van der Waals surface area contributed by atoms with Crippen LogP contribution in [-0.4, -0.2) is 45.5 Å². The molecule has 0 radical (unpaired) electrons. The molecule has 3 unspecified atom stereocenters. The Morgan fingerprint density at radius 2 is 2.20 bits per heavy atom. The van der Waals surface area contributed by atoms with Gasteiger partial charge < -0.3 is 10.1 Å². The van der Waals surface area contributed by atoms with E-state index in [1.54, 1.807) is 31.1 Å². The second kappa shape index (κ2) is 8.60. The second-order valence-electron chi connectivity index (χ2n) is 6.98. The average Bonchev–Trinajstić information content (AvgIpc) is 2.54. The number of carbonyl (C=O) groups is 1. The van der Waals surface area contributed by atoms with Gasteiger partial charge in [0, 0.05) is 18.4 Å². The van der Waals surface area contributed by atoms with Crippen molar-refractivity contribution in [1.82, 2.24) is 9.62 Å². The Hall–Kier alpha value is -0.990. The normalized spacial score (nSPS) is 23.1. The van der Waals surface area contributed by atoms with Crippen molar-refractivity contribution >= 4 is 33.0 Å². The lowest BCUT2D eigenvalue weighted by Gasteiger charge is -2.34. The maximum atomic E-state index is 14.5. The van der Waals surface area contributed by atoms with Crippen molar-refractivity contribution in [1.29, 1.82) is 0 Å². The summed E-state index contributed by atoms with van der Waals surface area (Å²) in [6.07, 6.45) is -1.55. The van der Waals surface area contributed by atoms with Gasteiger partial charge in [0.25, 0.3) is 0 Å². The van der Waals surface area contributed by atoms with Crippen molar-refractivity contribution in [2.24, 2.45) is 0 Å². The topological polar surface area (TPSA) is 58.6 Å². The Balaban J connectivity index is 1.94. The number of nitrogens with one attached hydrogen (secondary N) is 1. The number of piperidine rings is 1. The molecule has 1 amide bonds. The Morgan fingerprint density at radius 1 is 1.48 bits per heavy atom. The Morgan fingerprint density at radius 3 is 2.80 bits per heavy atom. The smallest absolute Gasteiger partial charge is 0.407 e. The van der Waals surface area contributed by atoms with E-state index in [4.69, 9.17) is 4.74 Å². The van der Waals surface area contributed by atoms with E-state index >= 15 is 0 Å². The van der Waals surface area contributed by atoms with Crippen LogP contribution in [0.25, 0.3) is 0 Å². The largest absolute Gasteiger partial charge is 0.444 e. The first-order chi connectivity index (χ1) is 11.7. The fraction of sp³-hybridized carbons (Fsp3) is 0.588. The highest BCUT2D eigenvalue weighted by atomic mass is 79.9. The van der Waals surface area contributed by atoms with Gasteiger partial charge in [-0.05, 0) is 44.9 Å². The number of carbonyl (C=O) groups excluding carboxylic acids is 1. The summed E-state index contributed by atoms with van der Waals surface area (Å²) in [5.41, 5.74) is 0.391. The third-order valence-electron chi connectivity index (χ3n) is 3.70. The van der Waals surface area contributed by atoms with Crippen molar-refractivity contribution in [3.63, 3.8) is 0 Å². The van der Waals surface area contributed by atoms with Crippen LogP contribution in [0.5, 0.6) is 0 Å². The Labute approximate surface area is 159 Å². The Bertz CT molecular complexity index is 639. The molecule has 8 heteroatoms. The van der Waals surface area contributed by atoms with E-state index in [0.717, 1.165) is 5.56 Å². The summed E-state index contributed by atoms with van der Waals surface area (Å²) in [7, 11) is -1.42.